The Morgan fingerprint density at radius 2 is 1.74 bits per heavy atom. The summed E-state index contributed by atoms with van der Waals surface area (Å²) in [4.78, 5) is 29.0. The predicted molar refractivity (Wildman–Crippen MR) is 145 cm³/mol. The fourth-order valence-electron chi connectivity index (χ4n) is 4.32. The monoisotopic (exact) mass is 489 g/mol. The number of aromatic nitrogens is 2. The molecule has 0 atom stereocenters. The van der Waals surface area contributed by atoms with E-state index in [4.69, 9.17) is 4.98 Å². The second kappa shape index (κ2) is 10.1. The van der Waals surface area contributed by atoms with Gasteiger partial charge in [-0.05, 0) is 55.9 Å². The highest BCUT2D eigenvalue weighted by Gasteiger charge is 2.22. The Kier molecular flexibility index (Phi) is 6.79. The van der Waals surface area contributed by atoms with Gasteiger partial charge in [-0.25, -0.2) is 4.98 Å². The Hall–Kier alpha value is -3.30. The van der Waals surface area contributed by atoms with Crippen molar-refractivity contribution >= 4 is 52.2 Å². The molecule has 0 aliphatic carbocycles. The van der Waals surface area contributed by atoms with Crippen molar-refractivity contribution in [3.05, 3.63) is 54.2 Å². The summed E-state index contributed by atoms with van der Waals surface area (Å²) in [6.07, 6.45) is 1.81. The van der Waals surface area contributed by atoms with E-state index in [9.17, 15) is 4.79 Å². The molecule has 35 heavy (non-hydrogen) atoms. The van der Waals surface area contributed by atoms with E-state index in [-0.39, 0.29) is 5.91 Å². The molecule has 0 bridgehead atoms. The largest absolute Gasteiger partial charge is 0.369 e. The second-order valence-corrected chi connectivity index (χ2v) is 9.88. The first kappa shape index (κ1) is 23.4. The molecular formula is C26H31N7OS. The molecule has 8 nitrogen and oxygen atoms in total. The van der Waals surface area contributed by atoms with Crippen LogP contribution in [0.1, 0.15) is 12.5 Å². The molecule has 0 unspecified atom stereocenters. The van der Waals surface area contributed by atoms with Crippen LogP contribution >= 0.6 is 11.8 Å². The van der Waals surface area contributed by atoms with Gasteiger partial charge in [0, 0.05) is 66.9 Å². The fourth-order valence-corrected chi connectivity index (χ4v) is 5.30. The zero-order valence-electron chi connectivity index (χ0n) is 20.4. The number of nitrogens with zero attached hydrogens (tertiary/aromatic N) is 5. The third-order valence-corrected chi connectivity index (χ3v) is 7.64. The van der Waals surface area contributed by atoms with Gasteiger partial charge in [-0.15, -0.1) is 11.8 Å². The quantitative estimate of drug-likeness (QED) is 0.525. The van der Waals surface area contributed by atoms with Gasteiger partial charge < -0.3 is 25.3 Å². The standard InChI is InChI=1S/C26H31N7OS/c1-4-32-11-13-33(14-12-32)21-8-5-19(6-9-21)29-26-27-16-18(2)25(30-26)28-20-7-10-23-22(15-20)31(3)24(34)17-35-23/h5-10,15-16H,4,11-14,17H2,1-3H3,(H2,27,28,29,30). The third kappa shape index (κ3) is 5.21. The molecule has 182 valence electrons. The lowest BCUT2D eigenvalue weighted by molar-refractivity contribution is -0.116. The number of rotatable bonds is 6. The lowest BCUT2D eigenvalue weighted by atomic mass is 10.2. The van der Waals surface area contributed by atoms with Crippen LogP contribution in [-0.4, -0.2) is 66.3 Å². The van der Waals surface area contributed by atoms with Gasteiger partial charge in [-0.2, -0.15) is 4.98 Å². The highest BCUT2D eigenvalue weighted by molar-refractivity contribution is 8.00. The molecule has 2 aromatic carbocycles. The molecular weight excluding hydrogens is 458 g/mol. The Morgan fingerprint density at radius 3 is 2.49 bits per heavy atom. The van der Waals surface area contributed by atoms with Crippen molar-refractivity contribution in [1.29, 1.82) is 0 Å². The molecule has 5 rings (SSSR count). The molecule has 1 saturated heterocycles. The van der Waals surface area contributed by atoms with Crippen molar-refractivity contribution in [2.75, 3.05) is 66.0 Å². The summed E-state index contributed by atoms with van der Waals surface area (Å²) in [7, 11) is 1.82. The third-order valence-electron chi connectivity index (χ3n) is 6.59. The normalized spacial score (nSPS) is 16.3. The highest BCUT2D eigenvalue weighted by atomic mass is 32.2. The maximum Gasteiger partial charge on any atom is 0.237 e. The van der Waals surface area contributed by atoms with Gasteiger partial charge in [0.05, 0.1) is 11.4 Å². The van der Waals surface area contributed by atoms with E-state index < -0.39 is 0 Å². The first-order valence-electron chi connectivity index (χ1n) is 12.0. The summed E-state index contributed by atoms with van der Waals surface area (Å²) in [6, 6.07) is 14.5. The van der Waals surface area contributed by atoms with E-state index in [0.717, 1.165) is 66.1 Å². The van der Waals surface area contributed by atoms with Crippen molar-refractivity contribution < 1.29 is 4.79 Å². The number of fused-ring (bicyclic) bond motifs is 1. The number of likely N-dealkylation sites (N-methyl/N-ethyl adjacent to an activating group) is 1. The molecule has 2 aliphatic rings. The maximum atomic E-state index is 12.1. The van der Waals surface area contributed by atoms with Crippen LogP contribution in [0.5, 0.6) is 0 Å². The van der Waals surface area contributed by atoms with Crippen LogP contribution in [0, 0.1) is 6.92 Å². The number of anilines is 6. The minimum atomic E-state index is 0.110. The van der Waals surface area contributed by atoms with Crippen LogP contribution < -0.4 is 20.4 Å². The van der Waals surface area contributed by atoms with Gasteiger partial charge in [-0.3, -0.25) is 4.79 Å². The summed E-state index contributed by atoms with van der Waals surface area (Å²) in [6.45, 7) is 9.65. The molecule has 1 aromatic heterocycles. The van der Waals surface area contributed by atoms with Gasteiger partial charge in [0.2, 0.25) is 11.9 Å². The van der Waals surface area contributed by atoms with Crippen LogP contribution in [-0.2, 0) is 4.79 Å². The van der Waals surface area contributed by atoms with E-state index in [2.05, 4.69) is 56.6 Å². The molecule has 0 spiro atoms. The molecule has 3 aromatic rings. The minimum absolute atomic E-state index is 0.110. The van der Waals surface area contributed by atoms with E-state index in [1.165, 1.54) is 5.69 Å². The van der Waals surface area contributed by atoms with Gasteiger partial charge in [0.15, 0.2) is 0 Å². The molecule has 1 amide bonds. The number of amides is 1. The van der Waals surface area contributed by atoms with Crippen LogP contribution in [0.25, 0.3) is 0 Å². The summed E-state index contributed by atoms with van der Waals surface area (Å²) >= 11 is 1.57. The molecule has 1 fully saturated rings. The minimum Gasteiger partial charge on any atom is -0.369 e. The SMILES string of the molecule is CCN1CCN(c2ccc(Nc3ncc(C)c(Nc4ccc5c(c4)N(C)C(=O)CS5)n3)cc2)CC1. The molecule has 2 aliphatic heterocycles. The summed E-state index contributed by atoms with van der Waals surface area (Å²) in [5.74, 6) is 1.85. The Balaban J connectivity index is 1.27. The lowest BCUT2D eigenvalue weighted by Crippen LogP contribution is -2.46. The van der Waals surface area contributed by atoms with Crippen molar-refractivity contribution in [1.82, 2.24) is 14.9 Å². The van der Waals surface area contributed by atoms with E-state index in [0.29, 0.717) is 11.7 Å². The van der Waals surface area contributed by atoms with Crippen LogP contribution in [0.4, 0.5) is 34.5 Å². The number of thioether (sulfide) groups is 1. The van der Waals surface area contributed by atoms with Crippen LogP contribution in [0.2, 0.25) is 0 Å². The topological polar surface area (TPSA) is 76.6 Å². The zero-order chi connectivity index (χ0) is 24.4. The Morgan fingerprint density at radius 1 is 1.00 bits per heavy atom. The van der Waals surface area contributed by atoms with Gasteiger partial charge in [0.1, 0.15) is 5.82 Å². The van der Waals surface area contributed by atoms with Crippen LogP contribution in [0.15, 0.2) is 53.6 Å². The summed E-state index contributed by atoms with van der Waals surface area (Å²) < 4.78 is 0. The number of hydrogen-bond donors (Lipinski definition) is 2. The lowest BCUT2D eigenvalue weighted by Gasteiger charge is -2.35. The number of nitrogens with one attached hydrogen (secondary N) is 2. The number of aryl methyl sites for hydroxylation is 1. The Bertz CT molecular complexity index is 1210. The van der Waals surface area contributed by atoms with E-state index in [1.807, 2.05) is 38.4 Å². The number of carbonyl (C=O) groups excluding carboxylic acids is 1. The van der Waals surface area contributed by atoms with Gasteiger partial charge in [0.25, 0.3) is 0 Å². The molecule has 2 N–H and O–H groups in total. The van der Waals surface area contributed by atoms with E-state index in [1.54, 1.807) is 16.7 Å². The fraction of sp³-hybridized carbons (Fsp3) is 0.346. The predicted octanol–water partition coefficient (Wildman–Crippen LogP) is 4.48. The smallest absolute Gasteiger partial charge is 0.237 e. The highest BCUT2D eigenvalue weighted by Crippen LogP contribution is 2.37. The first-order valence-corrected chi connectivity index (χ1v) is 13.0. The molecule has 3 heterocycles. The average molecular weight is 490 g/mol. The first-order chi connectivity index (χ1) is 17.0. The number of hydrogen-bond acceptors (Lipinski definition) is 8. The molecule has 9 heteroatoms. The average Bonchev–Trinajstić information content (AvgIpc) is 2.89. The summed E-state index contributed by atoms with van der Waals surface area (Å²) in [5.41, 5.74) is 4.92. The van der Waals surface area contributed by atoms with Gasteiger partial charge in [-0.1, -0.05) is 6.92 Å². The molecule has 0 saturated carbocycles. The van der Waals surface area contributed by atoms with Gasteiger partial charge >= 0.3 is 0 Å². The number of piperazine rings is 1. The maximum absolute atomic E-state index is 12.1. The van der Waals surface area contributed by atoms with Crippen molar-refractivity contribution in [3.8, 4) is 0 Å². The zero-order valence-corrected chi connectivity index (χ0v) is 21.2. The van der Waals surface area contributed by atoms with Crippen molar-refractivity contribution in [3.63, 3.8) is 0 Å². The Labute approximate surface area is 210 Å². The molecule has 0 radical (unpaired) electrons. The van der Waals surface area contributed by atoms with Crippen molar-refractivity contribution in [2.45, 2.75) is 18.7 Å². The number of carbonyl (C=O) groups is 1. The van der Waals surface area contributed by atoms with E-state index >= 15 is 0 Å². The summed E-state index contributed by atoms with van der Waals surface area (Å²) in [5, 5.41) is 6.72. The number of benzene rings is 2. The second-order valence-electron chi connectivity index (χ2n) is 8.87. The van der Waals surface area contributed by atoms with Crippen LogP contribution in [0.3, 0.4) is 0 Å². The van der Waals surface area contributed by atoms with Crippen molar-refractivity contribution in [2.24, 2.45) is 0 Å².